The minimum atomic E-state index is -0.412. The van der Waals surface area contributed by atoms with Gasteiger partial charge in [-0.2, -0.15) is 5.10 Å². The average molecular weight is 314 g/mol. The highest BCUT2D eigenvalue weighted by atomic mass is 16.5. The first-order valence-electron chi connectivity index (χ1n) is 7.92. The van der Waals surface area contributed by atoms with E-state index in [0.717, 1.165) is 23.2 Å². The Labute approximate surface area is 135 Å². The average Bonchev–Trinajstić information content (AvgIpc) is 3.18. The lowest BCUT2D eigenvalue weighted by Gasteiger charge is -2.18. The van der Waals surface area contributed by atoms with Crippen LogP contribution < -0.4 is 5.32 Å². The molecule has 1 N–H and O–H groups in total. The molecule has 1 amide bonds. The normalized spacial score (nSPS) is 20.6. The Balaban J connectivity index is 1.58. The molecule has 0 spiro atoms. The smallest absolute Gasteiger partial charge is 0.249 e. The zero-order valence-corrected chi connectivity index (χ0v) is 13.5. The van der Waals surface area contributed by atoms with E-state index < -0.39 is 6.10 Å². The lowest BCUT2D eigenvalue weighted by Crippen LogP contribution is -2.39. The van der Waals surface area contributed by atoms with Crippen molar-refractivity contribution in [1.82, 2.24) is 20.1 Å². The van der Waals surface area contributed by atoms with E-state index in [-0.39, 0.29) is 11.8 Å². The second-order valence-corrected chi connectivity index (χ2v) is 6.06. The summed E-state index contributed by atoms with van der Waals surface area (Å²) in [5.74, 6) is 0.0865. The molecule has 6 nitrogen and oxygen atoms in total. The highest BCUT2D eigenvalue weighted by Crippen LogP contribution is 2.23. The molecule has 0 saturated carbocycles. The molecule has 122 valence electrons. The predicted molar refractivity (Wildman–Crippen MR) is 85.6 cm³/mol. The first-order valence-corrected chi connectivity index (χ1v) is 7.92. The topological polar surface area (TPSA) is 69.0 Å². The monoisotopic (exact) mass is 314 g/mol. The number of hydrogen-bond donors (Lipinski definition) is 1. The van der Waals surface area contributed by atoms with E-state index in [1.165, 1.54) is 0 Å². The number of nitrogens with zero attached hydrogens (tertiary/aromatic N) is 3. The molecule has 2 aromatic rings. The van der Waals surface area contributed by atoms with Crippen LogP contribution in [0.3, 0.4) is 0 Å². The van der Waals surface area contributed by atoms with Gasteiger partial charge >= 0.3 is 0 Å². The quantitative estimate of drug-likeness (QED) is 0.910. The van der Waals surface area contributed by atoms with Crippen molar-refractivity contribution >= 4 is 5.91 Å². The number of carbonyl (C=O) groups is 1. The van der Waals surface area contributed by atoms with Crippen molar-refractivity contribution in [3.05, 3.63) is 47.5 Å². The molecule has 3 rings (SSSR count). The van der Waals surface area contributed by atoms with Crippen molar-refractivity contribution in [3.63, 3.8) is 0 Å². The Hall–Kier alpha value is -2.21. The maximum atomic E-state index is 12.4. The number of aromatic nitrogens is 3. The van der Waals surface area contributed by atoms with Gasteiger partial charge in [0.15, 0.2) is 0 Å². The minimum Gasteiger partial charge on any atom is -0.368 e. The van der Waals surface area contributed by atoms with Gasteiger partial charge < -0.3 is 10.1 Å². The Morgan fingerprint density at radius 3 is 3.09 bits per heavy atom. The molecule has 0 radical (unpaired) electrons. The lowest BCUT2D eigenvalue weighted by atomic mass is 10.0. The molecule has 23 heavy (non-hydrogen) atoms. The minimum absolute atomic E-state index is 0.0681. The van der Waals surface area contributed by atoms with Crippen LogP contribution in [0.15, 0.2) is 30.7 Å². The fourth-order valence-electron chi connectivity index (χ4n) is 2.96. The van der Waals surface area contributed by atoms with Crippen molar-refractivity contribution in [2.75, 3.05) is 6.61 Å². The second-order valence-electron chi connectivity index (χ2n) is 6.06. The van der Waals surface area contributed by atoms with Gasteiger partial charge in [0.05, 0.1) is 12.2 Å². The number of aryl methyl sites for hydroxylation is 2. The molecule has 1 fully saturated rings. The summed E-state index contributed by atoms with van der Waals surface area (Å²) in [7, 11) is 0. The number of carbonyl (C=O) groups excluding carboxylic acids is 1. The first-order chi connectivity index (χ1) is 11.1. The molecular weight excluding hydrogens is 292 g/mol. The number of hydrogen-bond acceptors (Lipinski definition) is 4. The van der Waals surface area contributed by atoms with Crippen molar-refractivity contribution in [2.24, 2.45) is 5.92 Å². The maximum Gasteiger partial charge on any atom is 0.249 e. The largest absolute Gasteiger partial charge is 0.368 e. The van der Waals surface area contributed by atoms with E-state index in [4.69, 9.17) is 4.74 Å². The molecule has 0 unspecified atom stereocenters. The van der Waals surface area contributed by atoms with Crippen molar-refractivity contribution in [1.29, 1.82) is 0 Å². The molecule has 2 atom stereocenters. The van der Waals surface area contributed by atoms with Crippen LogP contribution in [0.2, 0.25) is 0 Å². The van der Waals surface area contributed by atoms with Crippen LogP contribution in [-0.4, -0.2) is 33.4 Å². The molecule has 0 aromatic carbocycles. The third kappa shape index (κ3) is 3.76. The van der Waals surface area contributed by atoms with E-state index in [2.05, 4.69) is 21.5 Å². The molecule has 1 saturated heterocycles. The Morgan fingerprint density at radius 2 is 2.35 bits per heavy atom. The van der Waals surface area contributed by atoms with Crippen LogP contribution in [0.1, 0.15) is 23.2 Å². The number of rotatable bonds is 5. The van der Waals surface area contributed by atoms with Gasteiger partial charge in [-0.3, -0.25) is 14.5 Å². The van der Waals surface area contributed by atoms with Crippen LogP contribution in [0.4, 0.5) is 0 Å². The van der Waals surface area contributed by atoms with E-state index >= 15 is 0 Å². The molecule has 6 heteroatoms. The summed E-state index contributed by atoms with van der Waals surface area (Å²) in [5.41, 5.74) is 3.10. The molecule has 0 aliphatic carbocycles. The highest BCUT2D eigenvalue weighted by molar-refractivity contribution is 5.81. The Bertz CT molecular complexity index is 669. The molecule has 2 aromatic heterocycles. The maximum absolute atomic E-state index is 12.4. The van der Waals surface area contributed by atoms with Gasteiger partial charge in [-0.15, -0.1) is 0 Å². The van der Waals surface area contributed by atoms with Gasteiger partial charge in [-0.1, -0.05) is 6.07 Å². The molecule has 1 aliphatic heterocycles. The number of nitrogens with one attached hydrogen (secondary N) is 1. The zero-order chi connectivity index (χ0) is 16.2. The summed E-state index contributed by atoms with van der Waals surface area (Å²) in [5, 5.41) is 7.16. The van der Waals surface area contributed by atoms with Gasteiger partial charge in [0.2, 0.25) is 5.91 Å². The van der Waals surface area contributed by atoms with Crippen molar-refractivity contribution < 1.29 is 9.53 Å². The standard InChI is InChI=1S/C17H22N4O2/c1-12-8-13(2)15(18-9-12)10-19-17(22)16-14(4-7-23-16)11-21-6-3-5-20-21/h3,5-6,8-9,14,16H,4,7,10-11H2,1-2H3,(H,19,22)/t14-,16-/m1/s1. The third-order valence-corrected chi connectivity index (χ3v) is 4.21. The lowest BCUT2D eigenvalue weighted by molar-refractivity contribution is -0.132. The van der Waals surface area contributed by atoms with Gasteiger partial charge in [0, 0.05) is 37.7 Å². The Kier molecular flexibility index (Phi) is 4.71. The van der Waals surface area contributed by atoms with Crippen LogP contribution >= 0.6 is 0 Å². The van der Waals surface area contributed by atoms with Crippen LogP contribution in [0.5, 0.6) is 0 Å². The van der Waals surface area contributed by atoms with Gasteiger partial charge in [0.1, 0.15) is 6.10 Å². The van der Waals surface area contributed by atoms with E-state index in [1.54, 1.807) is 6.20 Å². The van der Waals surface area contributed by atoms with Gasteiger partial charge in [-0.25, -0.2) is 0 Å². The third-order valence-electron chi connectivity index (χ3n) is 4.21. The molecule has 3 heterocycles. The zero-order valence-electron chi connectivity index (χ0n) is 13.5. The molecule has 0 bridgehead atoms. The SMILES string of the molecule is Cc1cnc(CNC(=O)[C@@H]2OCC[C@@H]2Cn2cccn2)c(C)c1. The van der Waals surface area contributed by atoms with Gasteiger partial charge in [0.25, 0.3) is 0 Å². The highest BCUT2D eigenvalue weighted by Gasteiger charge is 2.34. The summed E-state index contributed by atoms with van der Waals surface area (Å²) in [6.07, 6.45) is 5.94. The number of amides is 1. The number of ether oxygens (including phenoxy) is 1. The van der Waals surface area contributed by atoms with Crippen molar-refractivity contribution in [3.8, 4) is 0 Å². The van der Waals surface area contributed by atoms with Crippen LogP contribution in [0.25, 0.3) is 0 Å². The van der Waals surface area contributed by atoms with E-state index in [1.807, 2.05) is 37.0 Å². The summed E-state index contributed by atoms with van der Waals surface area (Å²) in [4.78, 5) is 16.8. The Morgan fingerprint density at radius 1 is 1.48 bits per heavy atom. The van der Waals surface area contributed by atoms with Crippen LogP contribution in [0, 0.1) is 19.8 Å². The van der Waals surface area contributed by atoms with Crippen molar-refractivity contribution in [2.45, 2.75) is 39.5 Å². The summed E-state index contributed by atoms with van der Waals surface area (Å²) >= 11 is 0. The fourth-order valence-corrected chi connectivity index (χ4v) is 2.96. The molecule has 1 aliphatic rings. The summed E-state index contributed by atoms with van der Waals surface area (Å²) in [6.45, 7) is 5.76. The second kappa shape index (κ2) is 6.91. The number of pyridine rings is 1. The fraction of sp³-hybridized carbons (Fsp3) is 0.471. The van der Waals surface area contributed by atoms with E-state index in [9.17, 15) is 4.79 Å². The van der Waals surface area contributed by atoms with Gasteiger partial charge in [-0.05, 0) is 37.5 Å². The molecular formula is C17H22N4O2. The summed E-state index contributed by atoms with van der Waals surface area (Å²) < 4.78 is 7.49. The van der Waals surface area contributed by atoms with E-state index in [0.29, 0.717) is 19.7 Å². The predicted octanol–water partition coefficient (Wildman–Crippen LogP) is 1.62. The van der Waals surface area contributed by atoms with Crippen LogP contribution in [-0.2, 0) is 22.6 Å². The summed E-state index contributed by atoms with van der Waals surface area (Å²) in [6, 6.07) is 3.96. The first kappa shape index (κ1) is 15.7.